The molecule has 5 heteroatoms. The molecular formula is C19H25N3O2. The molecule has 0 fully saturated rings. The molecule has 0 heterocycles. The van der Waals surface area contributed by atoms with Gasteiger partial charge < -0.3 is 20.1 Å². The number of nitrogens with one attached hydrogen (secondary N) is 2. The summed E-state index contributed by atoms with van der Waals surface area (Å²) in [5.74, 6) is 1.62. The third-order valence-electron chi connectivity index (χ3n) is 3.52. The molecule has 0 unspecified atom stereocenters. The Labute approximate surface area is 143 Å². The van der Waals surface area contributed by atoms with Gasteiger partial charge in [-0.1, -0.05) is 48.5 Å². The lowest BCUT2D eigenvalue weighted by molar-refractivity contribution is 0.123. The Morgan fingerprint density at radius 2 is 1.75 bits per heavy atom. The number of ether oxygens (including phenoxy) is 2. The lowest BCUT2D eigenvalue weighted by atomic mass is 10.2. The summed E-state index contributed by atoms with van der Waals surface area (Å²) in [4.78, 5) is 4.21. The van der Waals surface area contributed by atoms with Crippen LogP contribution in [-0.2, 0) is 17.9 Å². The van der Waals surface area contributed by atoms with Crippen LogP contribution < -0.4 is 15.4 Å². The number of rotatable bonds is 8. The van der Waals surface area contributed by atoms with E-state index in [9.17, 15) is 0 Å². The van der Waals surface area contributed by atoms with E-state index in [1.165, 1.54) is 5.56 Å². The zero-order chi connectivity index (χ0) is 17.0. The van der Waals surface area contributed by atoms with Gasteiger partial charge in [-0.2, -0.15) is 0 Å². The molecule has 2 aromatic carbocycles. The van der Waals surface area contributed by atoms with Crippen molar-refractivity contribution < 1.29 is 9.47 Å². The van der Waals surface area contributed by atoms with Crippen LogP contribution in [0.15, 0.2) is 59.6 Å². The van der Waals surface area contributed by atoms with Crippen LogP contribution in [0.4, 0.5) is 0 Å². The average molecular weight is 327 g/mol. The zero-order valence-electron chi connectivity index (χ0n) is 14.3. The second-order valence-electron chi connectivity index (χ2n) is 5.20. The molecule has 0 aliphatic carbocycles. The molecule has 2 aromatic rings. The third-order valence-corrected chi connectivity index (χ3v) is 3.52. The molecule has 2 N–H and O–H groups in total. The molecule has 0 aromatic heterocycles. The Balaban J connectivity index is 1.65. The van der Waals surface area contributed by atoms with Gasteiger partial charge in [-0.3, -0.25) is 4.99 Å². The van der Waals surface area contributed by atoms with Gasteiger partial charge in [0.1, 0.15) is 5.75 Å². The molecule has 0 aliphatic rings. The van der Waals surface area contributed by atoms with Crippen molar-refractivity contribution in [2.45, 2.75) is 13.2 Å². The van der Waals surface area contributed by atoms with Gasteiger partial charge in [0, 0.05) is 25.7 Å². The highest BCUT2D eigenvalue weighted by Gasteiger charge is 2.02. The first-order valence-electron chi connectivity index (χ1n) is 8.01. The van der Waals surface area contributed by atoms with Gasteiger partial charge in [0.25, 0.3) is 0 Å². The Morgan fingerprint density at radius 1 is 1.00 bits per heavy atom. The van der Waals surface area contributed by atoms with Crippen molar-refractivity contribution in [3.63, 3.8) is 0 Å². The first kappa shape index (κ1) is 17.8. The number of benzene rings is 2. The molecule has 0 spiro atoms. The second kappa shape index (κ2) is 10.3. The Kier molecular flexibility index (Phi) is 7.63. The van der Waals surface area contributed by atoms with E-state index in [2.05, 4.69) is 27.8 Å². The van der Waals surface area contributed by atoms with Crippen LogP contribution in [-0.4, -0.2) is 33.3 Å². The smallest absolute Gasteiger partial charge is 0.191 e. The van der Waals surface area contributed by atoms with E-state index in [0.717, 1.165) is 23.8 Å². The van der Waals surface area contributed by atoms with Gasteiger partial charge in [0.15, 0.2) is 5.96 Å². The summed E-state index contributed by atoms with van der Waals surface area (Å²) in [7, 11) is 3.43. The van der Waals surface area contributed by atoms with Gasteiger partial charge in [-0.15, -0.1) is 0 Å². The summed E-state index contributed by atoms with van der Waals surface area (Å²) in [6.07, 6.45) is 0. The standard InChI is InChI=1S/C19H25N3O2/c1-20-19(22-14-16-8-4-3-5-9-16)21-12-13-24-15-17-10-6-7-11-18(17)23-2/h3-11H,12-15H2,1-2H3,(H2,20,21,22). The minimum atomic E-state index is 0.530. The SMILES string of the molecule is CN=C(NCCOCc1ccccc1OC)NCc1ccccc1. The molecule has 128 valence electrons. The highest BCUT2D eigenvalue weighted by molar-refractivity contribution is 5.79. The lowest BCUT2D eigenvalue weighted by Crippen LogP contribution is -2.38. The van der Waals surface area contributed by atoms with E-state index in [1.807, 2.05) is 42.5 Å². The highest BCUT2D eigenvalue weighted by Crippen LogP contribution is 2.17. The fourth-order valence-corrected chi connectivity index (χ4v) is 2.25. The predicted molar refractivity (Wildman–Crippen MR) is 97.3 cm³/mol. The maximum absolute atomic E-state index is 5.69. The molecule has 0 radical (unpaired) electrons. The zero-order valence-corrected chi connectivity index (χ0v) is 14.3. The van der Waals surface area contributed by atoms with Crippen LogP contribution >= 0.6 is 0 Å². The number of methoxy groups -OCH3 is 1. The van der Waals surface area contributed by atoms with E-state index in [0.29, 0.717) is 19.8 Å². The van der Waals surface area contributed by atoms with Gasteiger partial charge in [0.05, 0.1) is 20.3 Å². The maximum atomic E-state index is 5.69. The quantitative estimate of drug-likeness (QED) is 0.444. The summed E-state index contributed by atoms with van der Waals surface area (Å²) in [6.45, 7) is 2.54. The number of hydrogen-bond donors (Lipinski definition) is 2. The van der Waals surface area contributed by atoms with E-state index >= 15 is 0 Å². The molecular weight excluding hydrogens is 302 g/mol. The van der Waals surface area contributed by atoms with Crippen LogP contribution in [0.3, 0.4) is 0 Å². The van der Waals surface area contributed by atoms with Crippen molar-refractivity contribution in [3.05, 3.63) is 65.7 Å². The Bertz CT molecular complexity index is 630. The van der Waals surface area contributed by atoms with E-state index in [4.69, 9.17) is 9.47 Å². The monoisotopic (exact) mass is 327 g/mol. The van der Waals surface area contributed by atoms with Crippen molar-refractivity contribution >= 4 is 5.96 Å². The van der Waals surface area contributed by atoms with Gasteiger partial charge in [-0.05, 0) is 11.6 Å². The summed E-state index contributed by atoms with van der Waals surface area (Å²) in [5, 5.41) is 6.51. The molecule has 0 aliphatic heterocycles. The molecule has 0 atom stereocenters. The van der Waals surface area contributed by atoms with Crippen LogP contribution in [0.2, 0.25) is 0 Å². The number of nitrogens with zero attached hydrogens (tertiary/aromatic N) is 1. The van der Waals surface area contributed by atoms with Crippen molar-refractivity contribution in [2.75, 3.05) is 27.3 Å². The van der Waals surface area contributed by atoms with Crippen LogP contribution in [0.1, 0.15) is 11.1 Å². The molecule has 0 amide bonds. The normalized spacial score (nSPS) is 11.2. The topological polar surface area (TPSA) is 54.9 Å². The number of para-hydroxylation sites is 1. The summed E-state index contributed by atoms with van der Waals surface area (Å²) >= 11 is 0. The maximum Gasteiger partial charge on any atom is 0.191 e. The first-order chi connectivity index (χ1) is 11.8. The fraction of sp³-hybridized carbons (Fsp3) is 0.316. The number of hydrogen-bond acceptors (Lipinski definition) is 3. The van der Waals surface area contributed by atoms with Crippen molar-refractivity contribution in [1.29, 1.82) is 0 Å². The van der Waals surface area contributed by atoms with Crippen LogP contribution in [0.5, 0.6) is 5.75 Å². The molecule has 2 rings (SSSR count). The van der Waals surface area contributed by atoms with Crippen LogP contribution in [0.25, 0.3) is 0 Å². The van der Waals surface area contributed by atoms with Crippen molar-refractivity contribution in [1.82, 2.24) is 10.6 Å². The molecule has 0 saturated heterocycles. The average Bonchev–Trinajstić information content (AvgIpc) is 2.65. The van der Waals surface area contributed by atoms with Crippen LogP contribution in [0, 0.1) is 0 Å². The molecule has 24 heavy (non-hydrogen) atoms. The minimum absolute atomic E-state index is 0.530. The molecule has 0 bridgehead atoms. The third kappa shape index (κ3) is 5.93. The number of guanidine groups is 1. The Hall–Kier alpha value is -2.53. The first-order valence-corrected chi connectivity index (χ1v) is 8.01. The predicted octanol–water partition coefficient (Wildman–Crippen LogP) is 2.58. The van der Waals surface area contributed by atoms with Crippen molar-refractivity contribution in [2.24, 2.45) is 4.99 Å². The van der Waals surface area contributed by atoms with E-state index < -0.39 is 0 Å². The summed E-state index contributed by atoms with van der Waals surface area (Å²) in [6, 6.07) is 18.1. The van der Waals surface area contributed by atoms with Gasteiger partial charge >= 0.3 is 0 Å². The number of aliphatic imine (C=N–C) groups is 1. The lowest BCUT2D eigenvalue weighted by Gasteiger charge is -2.13. The van der Waals surface area contributed by atoms with Gasteiger partial charge in [-0.25, -0.2) is 0 Å². The van der Waals surface area contributed by atoms with E-state index in [1.54, 1.807) is 14.2 Å². The summed E-state index contributed by atoms with van der Waals surface area (Å²) < 4.78 is 11.0. The fourth-order valence-electron chi connectivity index (χ4n) is 2.25. The summed E-state index contributed by atoms with van der Waals surface area (Å²) in [5.41, 5.74) is 2.26. The second-order valence-corrected chi connectivity index (χ2v) is 5.20. The Morgan fingerprint density at radius 3 is 2.50 bits per heavy atom. The van der Waals surface area contributed by atoms with Gasteiger partial charge in [0.2, 0.25) is 0 Å². The van der Waals surface area contributed by atoms with Crippen molar-refractivity contribution in [3.8, 4) is 5.75 Å². The molecule has 5 nitrogen and oxygen atoms in total. The minimum Gasteiger partial charge on any atom is -0.496 e. The largest absolute Gasteiger partial charge is 0.496 e. The van der Waals surface area contributed by atoms with E-state index in [-0.39, 0.29) is 0 Å². The molecule has 0 saturated carbocycles. The highest BCUT2D eigenvalue weighted by atomic mass is 16.5.